The molecule has 2 fully saturated rings. The van der Waals surface area contributed by atoms with Crippen molar-refractivity contribution >= 4 is 28.3 Å². The van der Waals surface area contributed by atoms with Gasteiger partial charge < -0.3 is 15.0 Å². The van der Waals surface area contributed by atoms with E-state index in [9.17, 15) is 9.59 Å². The van der Waals surface area contributed by atoms with Gasteiger partial charge in [0, 0.05) is 50.2 Å². The number of anilines is 1. The number of amides is 2. The van der Waals surface area contributed by atoms with Crippen LogP contribution in [0.3, 0.4) is 0 Å². The van der Waals surface area contributed by atoms with Gasteiger partial charge in [-0.3, -0.25) is 14.5 Å². The summed E-state index contributed by atoms with van der Waals surface area (Å²) in [4.78, 5) is 29.4. The number of carbonyl (C=O) groups excluding carboxylic acids is 2. The predicted octanol–water partition coefficient (Wildman–Crippen LogP) is 2.27. The number of rotatable bonds is 5. The lowest BCUT2D eigenvalue weighted by Crippen LogP contribution is -2.42. The minimum Gasteiger partial charge on any atom is -0.379 e. The van der Waals surface area contributed by atoms with E-state index in [0.717, 1.165) is 54.9 Å². The standard InChI is InChI=1S/C22H27N3O3/c1-16-12-17-4-2-3-5-19(17)20(13-16)23-22(27)18-14-21(26)25(15-18)7-6-24-8-10-28-11-9-24/h2-5,12-13,18H,6-11,14-15H2,1H3,(H,23,27). The first-order valence-corrected chi connectivity index (χ1v) is 9.98. The molecule has 2 aromatic carbocycles. The van der Waals surface area contributed by atoms with Crippen molar-refractivity contribution in [3.63, 3.8) is 0 Å². The Bertz CT molecular complexity index is 876. The van der Waals surface area contributed by atoms with Gasteiger partial charge in [0.25, 0.3) is 0 Å². The van der Waals surface area contributed by atoms with Crippen LogP contribution in [-0.2, 0) is 14.3 Å². The molecule has 1 N–H and O–H groups in total. The molecule has 0 saturated carbocycles. The molecule has 1 atom stereocenters. The largest absolute Gasteiger partial charge is 0.379 e. The second-order valence-electron chi connectivity index (χ2n) is 7.72. The van der Waals surface area contributed by atoms with Crippen LogP contribution in [0, 0.1) is 12.8 Å². The molecule has 2 aromatic rings. The van der Waals surface area contributed by atoms with Crippen molar-refractivity contribution in [1.82, 2.24) is 9.80 Å². The lowest BCUT2D eigenvalue weighted by molar-refractivity contribution is -0.128. The first-order valence-electron chi connectivity index (χ1n) is 9.98. The number of carbonyl (C=O) groups is 2. The molecule has 6 nitrogen and oxygen atoms in total. The minimum absolute atomic E-state index is 0.0713. The summed E-state index contributed by atoms with van der Waals surface area (Å²) in [5.74, 6) is -0.294. The number of ether oxygens (including phenoxy) is 1. The normalized spacial score (nSPS) is 20.7. The second-order valence-corrected chi connectivity index (χ2v) is 7.72. The quantitative estimate of drug-likeness (QED) is 0.863. The van der Waals surface area contributed by atoms with Crippen LogP contribution in [0.5, 0.6) is 0 Å². The zero-order valence-electron chi connectivity index (χ0n) is 16.3. The Morgan fingerprint density at radius 1 is 1.18 bits per heavy atom. The number of morpholine rings is 1. The molecule has 148 valence electrons. The van der Waals surface area contributed by atoms with Gasteiger partial charge in [-0.2, -0.15) is 0 Å². The number of benzene rings is 2. The highest BCUT2D eigenvalue weighted by atomic mass is 16.5. The number of likely N-dealkylation sites (tertiary alicyclic amines) is 1. The van der Waals surface area contributed by atoms with E-state index in [1.807, 2.05) is 42.2 Å². The number of hydrogen-bond donors (Lipinski definition) is 1. The van der Waals surface area contributed by atoms with Crippen LogP contribution in [0.15, 0.2) is 36.4 Å². The summed E-state index contributed by atoms with van der Waals surface area (Å²) in [5.41, 5.74) is 1.92. The van der Waals surface area contributed by atoms with Crippen LogP contribution in [0.25, 0.3) is 10.8 Å². The zero-order chi connectivity index (χ0) is 19.5. The van der Waals surface area contributed by atoms with Gasteiger partial charge in [0.2, 0.25) is 11.8 Å². The summed E-state index contributed by atoms with van der Waals surface area (Å²) in [5, 5.41) is 5.20. The maximum Gasteiger partial charge on any atom is 0.229 e. The number of nitrogens with zero attached hydrogens (tertiary/aromatic N) is 2. The summed E-state index contributed by atoms with van der Waals surface area (Å²) in [6.45, 7) is 7.36. The van der Waals surface area contributed by atoms with Gasteiger partial charge in [0.05, 0.1) is 19.1 Å². The molecular weight excluding hydrogens is 354 g/mol. The average Bonchev–Trinajstić information content (AvgIpc) is 3.08. The minimum atomic E-state index is -0.295. The Balaban J connectivity index is 1.38. The predicted molar refractivity (Wildman–Crippen MR) is 109 cm³/mol. The van der Waals surface area contributed by atoms with Crippen LogP contribution in [0.4, 0.5) is 5.69 Å². The molecule has 2 saturated heterocycles. The fraction of sp³-hybridized carbons (Fsp3) is 0.455. The first kappa shape index (κ1) is 18.9. The molecule has 0 bridgehead atoms. The molecule has 28 heavy (non-hydrogen) atoms. The molecule has 0 spiro atoms. The number of fused-ring (bicyclic) bond motifs is 1. The molecular formula is C22H27N3O3. The van der Waals surface area contributed by atoms with Gasteiger partial charge in [-0.05, 0) is 23.9 Å². The van der Waals surface area contributed by atoms with Crippen molar-refractivity contribution in [2.75, 3.05) is 51.3 Å². The highest BCUT2D eigenvalue weighted by Gasteiger charge is 2.34. The molecule has 2 aliphatic heterocycles. The maximum atomic E-state index is 12.8. The maximum absolute atomic E-state index is 12.8. The second kappa shape index (κ2) is 8.29. The molecule has 4 rings (SSSR count). The molecule has 2 aliphatic rings. The van der Waals surface area contributed by atoms with Crippen LogP contribution < -0.4 is 5.32 Å². The van der Waals surface area contributed by atoms with E-state index in [1.54, 1.807) is 0 Å². The van der Waals surface area contributed by atoms with Crippen molar-refractivity contribution in [1.29, 1.82) is 0 Å². The van der Waals surface area contributed by atoms with Crippen molar-refractivity contribution in [2.24, 2.45) is 5.92 Å². The van der Waals surface area contributed by atoms with E-state index < -0.39 is 0 Å². The monoisotopic (exact) mass is 381 g/mol. The summed E-state index contributed by atoms with van der Waals surface area (Å²) in [7, 11) is 0. The van der Waals surface area contributed by atoms with Gasteiger partial charge in [-0.15, -0.1) is 0 Å². The van der Waals surface area contributed by atoms with Crippen molar-refractivity contribution in [3.8, 4) is 0 Å². The summed E-state index contributed by atoms with van der Waals surface area (Å²) in [6.07, 6.45) is 0.290. The molecule has 0 radical (unpaired) electrons. The van der Waals surface area contributed by atoms with E-state index in [4.69, 9.17) is 4.74 Å². The summed E-state index contributed by atoms with van der Waals surface area (Å²) < 4.78 is 5.36. The van der Waals surface area contributed by atoms with Crippen LogP contribution >= 0.6 is 0 Å². The number of hydrogen-bond acceptors (Lipinski definition) is 4. The Labute approximate surface area is 165 Å². The third-order valence-electron chi connectivity index (χ3n) is 5.64. The van der Waals surface area contributed by atoms with Gasteiger partial charge in [-0.1, -0.05) is 30.3 Å². The van der Waals surface area contributed by atoms with Gasteiger partial charge in [0.1, 0.15) is 0 Å². The van der Waals surface area contributed by atoms with E-state index in [0.29, 0.717) is 19.5 Å². The van der Waals surface area contributed by atoms with Gasteiger partial charge >= 0.3 is 0 Å². The van der Waals surface area contributed by atoms with Crippen molar-refractivity contribution < 1.29 is 14.3 Å². The fourth-order valence-corrected chi connectivity index (χ4v) is 4.05. The molecule has 1 unspecified atom stereocenters. The van der Waals surface area contributed by atoms with Crippen LogP contribution in [0.2, 0.25) is 0 Å². The Kier molecular flexibility index (Phi) is 5.59. The fourth-order valence-electron chi connectivity index (χ4n) is 4.05. The molecule has 0 aromatic heterocycles. The van der Waals surface area contributed by atoms with Crippen LogP contribution in [0.1, 0.15) is 12.0 Å². The third kappa shape index (κ3) is 4.18. The topological polar surface area (TPSA) is 61.9 Å². The van der Waals surface area contributed by atoms with E-state index in [2.05, 4.69) is 16.3 Å². The molecule has 0 aliphatic carbocycles. The molecule has 2 heterocycles. The van der Waals surface area contributed by atoms with Crippen LogP contribution in [-0.4, -0.2) is 67.6 Å². The molecule has 2 amide bonds. The summed E-state index contributed by atoms with van der Waals surface area (Å²) in [6, 6.07) is 12.1. The van der Waals surface area contributed by atoms with E-state index >= 15 is 0 Å². The number of aryl methyl sites for hydroxylation is 1. The molecule has 6 heteroatoms. The Morgan fingerprint density at radius 3 is 2.79 bits per heavy atom. The van der Waals surface area contributed by atoms with Crippen molar-refractivity contribution in [3.05, 3.63) is 42.0 Å². The lowest BCUT2D eigenvalue weighted by atomic mass is 10.0. The van der Waals surface area contributed by atoms with Gasteiger partial charge in [0.15, 0.2) is 0 Å². The SMILES string of the molecule is Cc1cc(NC(=O)C2CC(=O)N(CCN3CCOCC3)C2)c2ccccc2c1. The Hall–Kier alpha value is -2.44. The Morgan fingerprint density at radius 2 is 1.96 bits per heavy atom. The first-order chi connectivity index (χ1) is 13.6. The zero-order valence-corrected chi connectivity index (χ0v) is 16.3. The smallest absolute Gasteiger partial charge is 0.229 e. The average molecular weight is 381 g/mol. The van der Waals surface area contributed by atoms with Gasteiger partial charge in [-0.25, -0.2) is 0 Å². The summed E-state index contributed by atoms with van der Waals surface area (Å²) >= 11 is 0. The highest BCUT2D eigenvalue weighted by molar-refractivity contribution is 6.04. The third-order valence-corrected chi connectivity index (χ3v) is 5.64. The number of nitrogens with one attached hydrogen (secondary N) is 1. The van der Waals surface area contributed by atoms with E-state index in [1.165, 1.54) is 0 Å². The van der Waals surface area contributed by atoms with Crippen molar-refractivity contribution in [2.45, 2.75) is 13.3 Å². The lowest BCUT2D eigenvalue weighted by Gasteiger charge is -2.28. The van der Waals surface area contributed by atoms with E-state index in [-0.39, 0.29) is 17.7 Å². The highest BCUT2D eigenvalue weighted by Crippen LogP contribution is 2.27.